The third-order valence-electron chi connectivity index (χ3n) is 4.61. The Balaban J connectivity index is 1.69. The molecule has 0 saturated heterocycles. The molecular formula is C17H18F3N3O2. The number of aromatic nitrogens is 2. The lowest BCUT2D eigenvalue weighted by Crippen LogP contribution is -2.42. The first-order valence-electron chi connectivity index (χ1n) is 8.17. The summed E-state index contributed by atoms with van der Waals surface area (Å²) in [7, 11) is 0. The highest BCUT2D eigenvalue weighted by Gasteiger charge is 2.42. The third-order valence-corrected chi connectivity index (χ3v) is 4.61. The molecule has 1 saturated carbocycles. The molecule has 5 nitrogen and oxygen atoms in total. The van der Waals surface area contributed by atoms with Gasteiger partial charge in [0.15, 0.2) is 0 Å². The zero-order valence-corrected chi connectivity index (χ0v) is 13.4. The number of halogens is 3. The zero-order chi connectivity index (χ0) is 18.0. The molecule has 1 amide bonds. The smallest absolute Gasteiger partial charge is 0.353 e. The topological polar surface area (TPSA) is 74.8 Å². The number of fused-ring (bicyclic) bond motifs is 1. The molecule has 0 unspecified atom stereocenters. The predicted molar refractivity (Wildman–Crippen MR) is 86.0 cm³/mol. The second-order valence-corrected chi connectivity index (χ2v) is 6.39. The molecule has 0 spiro atoms. The predicted octanol–water partition coefficient (Wildman–Crippen LogP) is 2.70. The number of hydrogen-bond donors (Lipinski definition) is 2. The van der Waals surface area contributed by atoms with Crippen molar-refractivity contribution in [2.24, 2.45) is 5.92 Å². The van der Waals surface area contributed by atoms with Crippen molar-refractivity contribution in [1.82, 2.24) is 15.5 Å². The highest BCUT2D eigenvalue weighted by Crippen LogP contribution is 2.37. The highest BCUT2D eigenvalue weighted by atomic mass is 19.4. The summed E-state index contributed by atoms with van der Waals surface area (Å²) in [6, 6.07) is 6.29. The molecule has 1 aromatic carbocycles. The van der Waals surface area contributed by atoms with Crippen LogP contribution in [0, 0.1) is 5.92 Å². The lowest BCUT2D eigenvalue weighted by molar-refractivity contribution is -0.184. The molecule has 2 atom stereocenters. The molecule has 25 heavy (non-hydrogen) atoms. The van der Waals surface area contributed by atoms with Crippen LogP contribution in [0.4, 0.5) is 13.2 Å². The molecule has 1 heterocycles. The van der Waals surface area contributed by atoms with Gasteiger partial charge in [-0.3, -0.25) is 9.59 Å². The van der Waals surface area contributed by atoms with Crippen molar-refractivity contribution in [1.29, 1.82) is 0 Å². The molecule has 2 N–H and O–H groups in total. The van der Waals surface area contributed by atoms with Crippen molar-refractivity contribution in [3.63, 3.8) is 0 Å². The van der Waals surface area contributed by atoms with Crippen molar-refractivity contribution in [2.75, 3.05) is 0 Å². The van der Waals surface area contributed by atoms with Crippen LogP contribution in [0.3, 0.4) is 0 Å². The van der Waals surface area contributed by atoms with Gasteiger partial charge in [0.05, 0.1) is 23.4 Å². The zero-order valence-electron chi connectivity index (χ0n) is 13.4. The monoisotopic (exact) mass is 353 g/mol. The van der Waals surface area contributed by atoms with Crippen LogP contribution in [0.2, 0.25) is 0 Å². The minimum absolute atomic E-state index is 0.0883. The van der Waals surface area contributed by atoms with Crippen LogP contribution in [-0.2, 0) is 11.2 Å². The van der Waals surface area contributed by atoms with Gasteiger partial charge in [0.1, 0.15) is 0 Å². The van der Waals surface area contributed by atoms with E-state index in [2.05, 4.69) is 15.5 Å². The Hall–Kier alpha value is -2.38. The van der Waals surface area contributed by atoms with E-state index in [0.717, 1.165) is 0 Å². The number of hydrogen-bond acceptors (Lipinski definition) is 3. The Bertz CT molecular complexity index is 832. The van der Waals surface area contributed by atoms with E-state index in [1.807, 2.05) is 0 Å². The molecule has 1 aromatic heterocycles. The molecule has 8 heteroatoms. The van der Waals surface area contributed by atoms with Crippen LogP contribution in [0.25, 0.3) is 10.8 Å². The number of nitrogens with one attached hydrogen (secondary N) is 2. The summed E-state index contributed by atoms with van der Waals surface area (Å²) >= 11 is 0. The van der Waals surface area contributed by atoms with E-state index in [1.165, 1.54) is 0 Å². The Kier molecular flexibility index (Phi) is 4.78. The Morgan fingerprint density at radius 3 is 2.68 bits per heavy atom. The quantitative estimate of drug-likeness (QED) is 0.891. The van der Waals surface area contributed by atoms with Crippen molar-refractivity contribution >= 4 is 16.7 Å². The van der Waals surface area contributed by atoms with Gasteiger partial charge < -0.3 is 5.32 Å². The minimum atomic E-state index is -4.22. The standard InChI is InChI=1S/C17H18F3N3O2/c18-17(19,20)10-4-3-5-11(8-10)21-15(24)9-14-12-6-1-2-7-13(12)16(25)23-22-14/h1-2,6-7,10-11H,3-5,8-9H2,(H,21,24)(H,23,25)/t10-,11-/m1/s1. The molecule has 0 bridgehead atoms. The van der Waals surface area contributed by atoms with E-state index in [9.17, 15) is 22.8 Å². The van der Waals surface area contributed by atoms with E-state index >= 15 is 0 Å². The van der Waals surface area contributed by atoms with Crippen LogP contribution in [0.5, 0.6) is 0 Å². The summed E-state index contributed by atoms with van der Waals surface area (Å²) in [5, 5.41) is 9.93. The summed E-state index contributed by atoms with van der Waals surface area (Å²) in [4.78, 5) is 24.0. The number of nitrogens with zero attached hydrogens (tertiary/aromatic N) is 1. The molecule has 0 radical (unpaired) electrons. The number of alkyl halides is 3. The Morgan fingerprint density at radius 1 is 1.24 bits per heavy atom. The number of carbonyl (C=O) groups excluding carboxylic acids is 1. The van der Waals surface area contributed by atoms with Gasteiger partial charge in [-0.15, -0.1) is 0 Å². The number of carbonyl (C=O) groups is 1. The van der Waals surface area contributed by atoms with E-state index in [0.29, 0.717) is 29.3 Å². The van der Waals surface area contributed by atoms with E-state index in [4.69, 9.17) is 0 Å². The van der Waals surface area contributed by atoms with Gasteiger partial charge in [-0.25, -0.2) is 5.10 Å². The average Bonchev–Trinajstić information content (AvgIpc) is 2.57. The number of benzene rings is 1. The summed E-state index contributed by atoms with van der Waals surface area (Å²) in [6.45, 7) is 0. The first kappa shape index (κ1) is 17.4. The summed E-state index contributed by atoms with van der Waals surface area (Å²) < 4.78 is 38.6. The summed E-state index contributed by atoms with van der Waals surface area (Å²) in [5.74, 6) is -1.75. The summed E-state index contributed by atoms with van der Waals surface area (Å²) in [5.41, 5.74) is 0.0518. The van der Waals surface area contributed by atoms with Gasteiger partial charge in [-0.1, -0.05) is 24.6 Å². The van der Waals surface area contributed by atoms with E-state index in [1.54, 1.807) is 24.3 Å². The van der Waals surface area contributed by atoms with E-state index < -0.39 is 24.0 Å². The maximum atomic E-state index is 12.9. The molecule has 1 fully saturated rings. The average molecular weight is 353 g/mol. The third kappa shape index (κ3) is 4.00. The van der Waals surface area contributed by atoms with Gasteiger partial charge in [0.2, 0.25) is 5.91 Å². The van der Waals surface area contributed by atoms with Gasteiger partial charge >= 0.3 is 6.18 Å². The fourth-order valence-electron chi connectivity index (χ4n) is 3.36. The molecule has 1 aliphatic carbocycles. The number of H-pyrrole nitrogens is 1. The minimum Gasteiger partial charge on any atom is -0.353 e. The van der Waals surface area contributed by atoms with Crippen molar-refractivity contribution in [2.45, 2.75) is 44.3 Å². The van der Waals surface area contributed by atoms with Crippen LogP contribution in [0.15, 0.2) is 29.1 Å². The molecular weight excluding hydrogens is 335 g/mol. The molecule has 2 aromatic rings. The Morgan fingerprint density at radius 2 is 1.96 bits per heavy atom. The summed E-state index contributed by atoms with van der Waals surface area (Å²) in [6.07, 6.45) is -3.31. The first-order valence-corrected chi connectivity index (χ1v) is 8.17. The number of amides is 1. The van der Waals surface area contributed by atoms with Crippen LogP contribution in [-0.4, -0.2) is 28.3 Å². The second-order valence-electron chi connectivity index (χ2n) is 6.39. The molecule has 134 valence electrons. The second kappa shape index (κ2) is 6.85. The van der Waals surface area contributed by atoms with E-state index in [-0.39, 0.29) is 24.8 Å². The van der Waals surface area contributed by atoms with Crippen molar-refractivity contribution in [3.05, 3.63) is 40.3 Å². The lowest BCUT2D eigenvalue weighted by atomic mass is 9.85. The normalized spacial score (nSPS) is 21.2. The fourth-order valence-corrected chi connectivity index (χ4v) is 3.36. The number of aromatic amines is 1. The lowest BCUT2D eigenvalue weighted by Gasteiger charge is -2.31. The molecule has 0 aliphatic heterocycles. The first-order chi connectivity index (χ1) is 11.8. The van der Waals surface area contributed by atoms with Gasteiger partial charge in [-0.2, -0.15) is 18.3 Å². The maximum absolute atomic E-state index is 12.9. The largest absolute Gasteiger partial charge is 0.391 e. The van der Waals surface area contributed by atoms with Crippen LogP contribution < -0.4 is 10.9 Å². The van der Waals surface area contributed by atoms with Crippen LogP contribution >= 0.6 is 0 Å². The Labute approximate surface area is 141 Å². The maximum Gasteiger partial charge on any atom is 0.391 e. The van der Waals surface area contributed by atoms with Crippen molar-refractivity contribution in [3.8, 4) is 0 Å². The molecule has 1 aliphatic rings. The number of rotatable bonds is 3. The van der Waals surface area contributed by atoms with Crippen molar-refractivity contribution < 1.29 is 18.0 Å². The molecule has 3 rings (SSSR count). The van der Waals surface area contributed by atoms with Crippen LogP contribution in [0.1, 0.15) is 31.4 Å². The van der Waals surface area contributed by atoms with Gasteiger partial charge in [-0.05, 0) is 25.3 Å². The van der Waals surface area contributed by atoms with Gasteiger partial charge in [0, 0.05) is 11.4 Å². The SMILES string of the molecule is O=C(Cc1n[nH]c(=O)c2ccccc12)N[C@@H]1CCC[C@@H](C(F)(F)F)C1. The van der Waals surface area contributed by atoms with Gasteiger partial charge in [0.25, 0.3) is 5.56 Å². The fraction of sp³-hybridized carbons (Fsp3) is 0.471. The highest BCUT2D eigenvalue weighted by molar-refractivity contribution is 5.88.